The van der Waals surface area contributed by atoms with E-state index < -0.39 is 0 Å². The van der Waals surface area contributed by atoms with Gasteiger partial charge in [-0.1, -0.05) is 40.0 Å². The Morgan fingerprint density at radius 1 is 1.32 bits per heavy atom. The first-order valence-corrected chi connectivity index (χ1v) is 8.22. The van der Waals surface area contributed by atoms with E-state index in [1.807, 2.05) is 0 Å². The average molecular weight is 266 g/mol. The maximum atomic E-state index is 12.5. The molecule has 2 rings (SSSR count). The first-order chi connectivity index (χ1) is 9.15. The fourth-order valence-electron chi connectivity index (χ4n) is 3.80. The Morgan fingerprint density at radius 2 is 2.11 bits per heavy atom. The number of rotatable bonds is 5. The molecule has 3 heteroatoms. The lowest BCUT2D eigenvalue weighted by atomic mass is 9.82. The highest BCUT2D eigenvalue weighted by Crippen LogP contribution is 2.30. The Hall–Kier alpha value is -0.570. The van der Waals surface area contributed by atoms with Gasteiger partial charge in [-0.25, -0.2) is 0 Å². The molecule has 4 unspecified atom stereocenters. The van der Waals surface area contributed by atoms with E-state index in [0.717, 1.165) is 37.6 Å². The van der Waals surface area contributed by atoms with Gasteiger partial charge in [-0.3, -0.25) is 10.1 Å². The second kappa shape index (κ2) is 6.74. The molecule has 0 spiro atoms. The highest BCUT2D eigenvalue weighted by molar-refractivity contribution is 5.84. The standard InChI is InChI=1S/C16H30N2O/c1-4-7-14-16(19)18(15(5-2)17-14)11-13-9-6-8-12(3)10-13/h12-15,17H,4-11H2,1-3H3. The van der Waals surface area contributed by atoms with Gasteiger partial charge >= 0.3 is 0 Å². The molecule has 0 aromatic carbocycles. The van der Waals surface area contributed by atoms with E-state index in [-0.39, 0.29) is 12.2 Å². The Kier molecular flexibility index (Phi) is 5.26. The molecule has 19 heavy (non-hydrogen) atoms. The maximum absolute atomic E-state index is 12.5. The van der Waals surface area contributed by atoms with Crippen molar-refractivity contribution in [1.82, 2.24) is 10.2 Å². The van der Waals surface area contributed by atoms with E-state index in [4.69, 9.17) is 0 Å². The molecule has 1 N–H and O–H groups in total. The maximum Gasteiger partial charge on any atom is 0.241 e. The van der Waals surface area contributed by atoms with Crippen LogP contribution in [-0.4, -0.2) is 29.6 Å². The van der Waals surface area contributed by atoms with Crippen LogP contribution in [-0.2, 0) is 4.79 Å². The van der Waals surface area contributed by atoms with Crippen LogP contribution >= 0.6 is 0 Å². The molecule has 3 nitrogen and oxygen atoms in total. The van der Waals surface area contributed by atoms with Crippen molar-refractivity contribution in [2.75, 3.05) is 6.54 Å². The molecule has 4 atom stereocenters. The minimum Gasteiger partial charge on any atom is -0.326 e. The molecule has 1 amide bonds. The van der Waals surface area contributed by atoms with Crippen molar-refractivity contribution < 1.29 is 4.79 Å². The van der Waals surface area contributed by atoms with Crippen LogP contribution in [0.15, 0.2) is 0 Å². The fourth-order valence-corrected chi connectivity index (χ4v) is 3.80. The molecule has 2 fully saturated rings. The highest BCUT2D eigenvalue weighted by atomic mass is 16.2. The quantitative estimate of drug-likeness (QED) is 0.829. The average Bonchev–Trinajstić information content (AvgIpc) is 2.68. The summed E-state index contributed by atoms with van der Waals surface area (Å²) in [6, 6.07) is 0.0796. The molecule has 1 saturated heterocycles. The minimum absolute atomic E-state index is 0.0796. The molecule has 110 valence electrons. The number of nitrogens with one attached hydrogen (secondary N) is 1. The SMILES string of the molecule is CCCC1NC(CC)N(CC2CCCC(C)C2)C1=O. The van der Waals surface area contributed by atoms with Crippen molar-refractivity contribution in [3.63, 3.8) is 0 Å². The van der Waals surface area contributed by atoms with Gasteiger partial charge < -0.3 is 4.90 Å². The van der Waals surface area contributed by atoms with E-state index >= 15 is 0 Å². The monoisotopic (exact) mass is 266 g/mol. The smallest absolute Gasteiger partial charge is 0.241 e. The van der Waals surface area contributed by atoms with Crippen LogP contribution < -0.4 is 5.32 Å². The van der Waals surface area contributed by atoms with Crippen LogP contribution in [0.5, 0.6) is 0 Å². The van der Waals surface area contributed by atoms with Gasteiger partial charge in [0.05, 0.1) is 12.2 Å². The predicted octanol–water partition coefficient (Wildman–Crippen LogP) is 3.15. The van der Waals surface area contributed by atoms with E-state index in [9.17, 15) is 4.79 Å². The lowest BCUT2D eigenvalue weighted by Crippen LogP contribution is -2.40. The minimum atomic E-state index is 0.0796. The second-order valence-corrected chi connectivity index (χ2v) is 6.56. The van der Waals surface area contributed by atoms with Gasteiger partial charge in [0, 0.05) is 6.54 Å². The molecule has 1 aliphatic heterocycles. The van der Waals surface area contributed by atoms with Crippen molar-refractivity contribution in [2.45, 2.75) is 77.9 Å². The van der Waals surface area contributed by atoms with Crippen LogP contribution in [0.4, 0.5) is 0 Å². The second-order valence-electron chi connectivity index (χ2n) is 6.56. The molecule has 1 aliphatic carbocycles. The Morgan fingerprint density at radius 3 is 2.74 bits per heavy atom. The van der Waals surface area contributed by atoms with E-state index in [1.165, 1.54) is 25.7 Å². The molecule has 1 heterocycles. The molecular formula is C16H30N2O. The highest BCUT2D eigenvalue weighted by Gasteiger charge is 2.38. The number of amides is 1. The summed E-state index contributed by atoms with van der Waals surface area (Å²) in [7, 11) is 0. The summed E-state index contributed by atoms with van der Waals surface area (Å²) in [6.07, 6.45) is 8.69. The Bertz CT molecular complexity index is 305. The van der Waals surface area contributed by atoms with E-state index in [0.29, 0.717) is 5.91 Å². The first kappa shape index (κ1) is 14.8. The van der Waals surface area contributed by atoms with Gasteiger partial charge in [0.2, 0.25) is 5.91 Å². The molecule has 2 aliphatic rings. The number of hydrogen-bond donors (Lipinski definition) is 1. The van der Waals surface area contributed by atoms with Crippen molar-refractivity contribution in [3.8, 4) is 0 Å². The van der Waals surface area contributed by atoms with E-state index in [2.05, 4.69) is 31.0 Å². The molecule has 0 bridgehead atoms. The summed E-state index contributed by atoms with van der Waals surface area (Å²) in [6.45, 7) is 7.67. The molecule has 1 saturated carbocycles. The third-order valence-electron chi connectivity index (χ3n) is 4.81. The molecule has 0 radical (unpaired) electrons. The molecular weight excluding hydrogens is 236 g/mol. The van der Waals surface area contributed by atoms with Gasteiger partial charge in [0.15, 0.2) is 0 Å². The van der Waals surface area contributed by atoms with Crippen molar-refractivity contribution in [1.29, 1.82) is 0 Å². The van der Waals surface area contributed by atoms with Gasteiger partial charge in [-0.15, -0.1) is 0 Å². The summed E-state index contributed by atoms with van der Waals surface area (Å²) in [5.41, 5.74) is 0. The lowest BCUT2D eigenvalue weighted by molar-refractivity contribution is -0.131. The molecule has 0 aromatic rings. The van der Waals surface area contributed by atoms with Crippen LogP contribution in [0.25, 0.3) is 0 Å². The number of nitrogens with zero attached hydrogens (tertiary/aromatic N) is 1. The van der Waals surface area contributed by atoms with Gasteiger partial charge in [-0.05, 0) is 37.5 Å². The van der Waals surface area contributed by atoms with Crippen LogP contribution in [0, 0.1) is 11.8 Å². The van der Waals surface area contributed by atoms with E-state index in [1.54, 1.807) is 0 Å². The summed E-state index contributed by atoms with van der Waals surface area (Å²) >= 11 is 0. The summed E-state index contributed by atoms with van der Waals surface area (Å²) in [4.78, 5) is 14.6. The Balaban J connectivity index is 1.95. The summed E-state index contributed by atoms with van der Waals surface area (Å²) < 4.78 is 0. The first-order valence-electron chi connectivity index (χ1n) is 8.22. The fraction of sp³-hybridized carbons (Fsp3) is 0.938. The number of carbonyl (C=O) groups is 1. The Labute approximate surface area is 118 Å². The molecule has 0 aromatic heterocycles. The van der Waals surface area contributed by atoms with Crippen LogP contribution in [0.2, 0.25) is 0 Å². The third-order valence-corrected chi connectivity index (χ3v) is 4.81. The van der Waals surface area contributed by atoms with Crippen LogP contribution in [0.3, 0.4) is 0 Å². The number of hydrogen-bond acceptors (Lipinski definition) is 2. The van der Waals surface area contributed by atoms with Crippen molar-refractivity contribution >= 4 is 5.91 Å². The summed E-state index contributed by atoms with van der Waals surface area (Å²) in [5, 5.41) is 3.52. The number of carbonyl (C=O) groups excluding carboxylic acids is 1. The largest absolute Gasteiger partial charge is 0.326 e. The third kappa shape index (κ3) is 3.50. The van der Waals surface area contributed by atoms with Crippen molar-refractivity contribution in [3.05, 3.63) is 0 Å². The van der Waals surface area contributed by atoms with Crippen LogP contribution in [0.1, 0.15) is 65.7 Å². The van der Waals surface area contributed by atoms with Gasteiger partial charge in [0.25, 0.3) is 0 Å². The predicted molar refractivity (Wildman–Crippen MR) is 78.7 cm³/mol. The van der Waals surface area contributed by atoms with Gasteiger partial charge in [0.1, 0.15) is 0 Å². The zero-order valence-electron chi connectivity index (χ0n) is 12.8. The lowest BCUT2D eigenvalue weighted by Gasteiger charge is -2.32. The normalized spacial score (nSPS) is 35.9. The zero-order valence-corrected chi connectivity index (χ0v) is 12.8. The topological polar surface area (TPSA) is 32.3 Å². The van der Waals surface area contributed by atoms with Gasteiger partial charge in [-0.2, -0.15) is 0 Å². The summed E-state index contributed by atoms with van der Waals surface area (Å²) in [5.74, 6) is 1.92. The van der Waals surface area contributed by atoms with Crippen molar-refractivity contribution in [2.24, 2.45) is 11.8 Å². The zero-order chi connectivity index (χ0) is 13.8.